The second-order valence-electron chi connectivity index (χ2n) is 5.22. The van der Waals surface area contributed by atoms with Crippen LogP contribution in [0.5, 0.6) is 0 Å². The van der Waals surface area contributed by atoms with Gasteiger partial charge in [0.05, 0.1) is 0 Å². The molecule has 0 aromatic heterocycles. The van der Waals surface area contributed by atoms with E-state index in [0.29, 0.717) is 0 Å². The molecule has 0 aliphatic rings. The molecule has 6 heteroatoms. The van der Waals surface area contributed by atoms with Gasteiger partial charge in [0.15, 0.2) is 0 Å². The summed E-state index contributed by atoms with van der Waals surface area (Å²) in [5.74, 6) is 0. The molecule has 128 valence electrons. The highest BCUT2D eigenvalue weighted by Crippen LogP contribution is 2.26. The van der Waals surface area contributed by atoms with Gasteiger partial charge in [-0.25, -0.2) is 0 Å². The minimum atomic E-state index is 0.837. The summed E-state index contributed by atoms with van der Waals surface area (Å²) in [5, 5.41) is 0. The molecule has 0 atom stereocenters. The average molecular weight is 395 g/mol. The topological polar surface area (TPSA) is 6.48 Å². The van der Waals surface area contributed by atoms with Gasteiger partial charge >= 0.3 is 0 Å². The third kappa shape index (κ3) is 8.15. The molecule has 0 aliphatic carbocycles. The van der Waals surface area contributed by atoms with Gasteiger partial charge in [-0.2, -0.15) is 0 Å². The molecule has 2 aromatic rings. The Balaban J connectivity index is 0.000000240. The highest BCUT2D eigenvalue weighted by Gasteiger charge is 2.05. The van der Waals surface area contributed by atoms with Gasteiger partial charge in [-0.15, -0.1) is 0 Å². The van der Waals surface area contributed by atoms with Crippen LogP contribution in [0.25, 0.3) is 11.1 Å². The molecule has 24 heavy (non-hydrogen) atoms. The standard InChI is InChI=1S/C12H10.C6H12N2S4/c1-3-7-11(8-4-1)12-9-5-2-6-10-12;1-7(2)5(9)11-12-6(10)8(3)4/h1-10H;1-4H3. The van der Waals surface area contributed by atoms with E-state index in [2.05, 4.69) is 48.5 Å². The normalized spacial score (nSPS) is 9.50. The summed E-state index contributed by atoms with van der Waals surface area (Å²) in [4.78, 5) is 3.79. The van der Waals surface area contributed by atoms with Crippen LogP contribution >= 0.6 is 46.0 Å². The highest BCUT2D eigenvalue weighted by atomic mass is 33.1. The van der Waals surface area contributed by atoms with Crippen molar-refractivity contribution in [2.45, 2.75) is 0 Å². The molecule has 0 fully saturated rings. The van der Waals surface area contributed by atoms with Crippen LogP contribution in [-0.2, 0) is 0 Å². The number of benzene rings is 2. The number of hydrogen-bond donors (Lipinski definition) is 0. The smallest absolute Gasteiger partial charge is 0.146 e. The van der Waals surface area contributed by atoms with E-state index in [1.54, 1.807) is 0 Å². The van der Waals surface area contributed by atoms with Crippen molar-refractivity contribution in [3.05, 3.63) is 60.7 Å². The SMILES string of the molecule is CN(C)C(=S)SSC(=S)N(C)C.c1ccc(-c2ccccc2)cc1. The Morgan fingerprint density at radius 2 is 0.917 bits per heavy atom. The number of nitrogens with zero attached hydrogens (tertiary/aromatic N) is 2. The summed E-state index contributed by atoms with van der Waals surface area (Å²) in [5.41, 5.74) is 2.55. The minimum absolute atomic E-state index is 0.837. The van der Waals surface area contributed by atoms with Crippen LogP contribution in [0.4, 0.5) is 0 Å². The Bertz CT molecular complexity index is 570. The fourth-order valence-corrected chi connectivity index (χ4v) is 3.86. The lowest BCUT2D eigenvalue weighted by molar-refractivity contribution is 0.647. The molecule has 0 spiro atoms. The molecule has 0 unspecified atom stereocenters. The second-order valence-corrected chi connectivity index (χ2v) is 8.62. The quantitative estimate of drug-likeness (QED) is 0.468. The van der Waals surface area contributed by atoms with Gasteiger partial charge in [0, 0.05) is 28.2 Å². The summed E-state index contributed by atoms with van der Waals surface area (Å²) >= 11 is 10.1. The Morgan fingerprint density at radius 3 is 1.17 bits per heavy atom. The molecule has 2 rings (SSSR count). The molecule has 0 aliphatic heterocycles. The first kappa shape index (κ1) is 21.0. The van der Waals surface area contributed by atoms with Crippen LogP contribution in [0.3, 0.4) is 0 Å². The molecule has 0 heterocycles. The summed E-state index contributed by atoms with van der Waals surface area (Å²) in [6.07, 6.45) is 0. The molecule has 0 radical (unpaired) electrons. The zero-order valence-electron chi connectivity index (χ0n) is 14.3. The van der Waals surface area contributed by atoms with Gasteiger partial charge in [-0.1, -0.05) is 85.1 Å². The molecule has 2 nitrogen and oxygen atoms in total. The van der Waals surface area contributed by atoms with E-state index in [1.165, 1.54) is 32.7 Å². The molecule has 0 N–H and O–H groups in total. The summed E-state index contributed by atoms with van der Waals surface area (Å²) in [6, 6.07) is 20.8. The van der Waals surface area contributed by atoms with Crippen molar-refractivity contribution in [2.75, 3.05) is 28.2 Å². The third-order valence-electron chi connectivity index (χ3n) is 2.80. The van der Waals surface area contributed by atoms with Crippen LogP contribution in [-0.4, -0.2) is 46.6 Å². The summed E-state index contributed by atoms with van der Waals surface area (Å²) in [7, 11) is 10.7. The highest BCUT2D eigenvalue weighted by molar-refractivity contribution is 8.89. The first-order chi connectivity index (χ1) is 11.4. The van der Waals surface area contributed by atoms with Gasteiger partial charge in [0.25, 0.3) is 0 Å². The number of rotatable bonds is 1. The van der Waals surface area contributed by atoms with Crippen molar-refractivity contribution in [2.24, 2.45) is 0 Å². The van der Waals surface area contributed by atoms with Gasteiger partial charge in [-0.05, 0) is 32.7 Å². The van der Waals surface area contributed by atoms with Gasteiger partial charge in [-0.3, -0.25) is 0 Å². The predicted molar refractivity (Wildman–Crippen MR) is 120 cm³/mol. The van der Waals surface area contributed by atoms with E-state index < -0.39 is 0 Å². The van der Waals surface area contributed by atoms with E-state index in [0.717, 1.165) is 8.64 Å². The lowest BCUT2D eigenvalue weighted by atomic mass is 10.1. The van der Waals surface area contributed by atoms with Crippen LogP contribution in [0.15, 0.2) is 60.7 Å². The fourth-order valence-electron chi connectivity index (χ4n) is 1.48. The minimum Gasteiger partial charge on any atom is -0.363 e. The zero-order valence-corrected chi connectivity index (χ0v) is 17.6. The van der Waals surface area contributed by atoms with Gasteiger partial charge in [0.2, 0.25) is 0 Å². The van der Waals surface area contributed by atoms with Crippen molar-refractivity contribution in [1.82, 2.24) is 9.80 Å². The van der Waals surface area contributed by atoms with E-state index in [-0.39, 0.29) is 0 Å². The first-order valence-electron chi connectivity index (χ1n) is 7.29. The van der Waals surface area contributed by atoms with Crippen LogP contribution in [0.2, 0.25) is 0 Å². The lowest BCUT2D eigenvalue weighted by Crippen LogP contribution is -2.18. The molecule has 0 bridgehead atoms. The maximum atomic E-state index is 5.07. The van der Waals surface area contributed by atoms with Crippen LogP contribution < -0.4 is 0 Å². The Kier molecular flexibility index (Phi) is 10.0. The Morgan fingerprint density at radius 1 is 0.625 bits per heavy atom. The first-order valence-corrected chi connectivity index (χ1v) is 10.3. The van der Waals surface area contributed by atoms with E-state index >= 15 is 0 Å². The summed E-state index contributed by atoms with van der Waals surface area (Å²) < 4.78 is 1.67. The van der Waals surface area contributed by atoms with E-state index in [1.807, 2.05) is 50.1 Å². The Labute approximate surface area is 164 Å². The predicted octanol–water partition coefficient (Wildman–Crippen LogP) is 5.41. The molecule has 2 aromatic carbocycles. The summed E-state index contributed by atoms with van der Waals surface area (Å²) in [6.45, 7) is 0. The van der Waals surface area contributed by atoms with Crippen molar-refractivity contribution in [1.29, 1.82) is 0 Å². The molecule has 0 saturated carbocycles. The van der Waals surface area contributed by atoms with Crippen molar-refractivity contribution < 1.29 is 0 Å². The molecular weight excluding hydrogens is 372 g/mol. The maximum Gasteiger partial charge on any atom is 0.146 e. The Hall–Kier alpha value is -1.08. The third-order valence-corrected chi connectivity index (χ3v) is 6.95. The zero-order chi connectivity index (χ0) is 17.9. The van der Waals surface area contributed by atoms with E-state index in [4.69, 9.17) is 24.4 Å². The average Bonchev–Trinajstić information content (AvgIpc) is 2.61. The maximum absolute atomic E-state index is 5.07. The van der Waals surface area contributed by atoms with Gasteiger partial charge in [0.1, 0.15) is 8.64 Å². The van der Waals surface area contributed by atoms with Crippen LogP contribution in [0.1, 0.15) is 0 Å². The molecule has 0 amide bonds. The van der Waals surface area contributed by atoms with Crippen LogP contribution in [0, 0.1) is 0 Å². The number of thiocarbonyl (C=S) groups is 2. The largest absolute Gasteiger partial charge is 0.363 e. The fraction of sp³-hybridized carbons (Fsp3) is 0.222. The lowest BCUT2D eigenvalue weighted by Gasteiger charge is -2.15. The molecular formula is C18H22N2S4. The molecule has 0 saturated heterocycles. The monoisotopic (exact) mass is 394 g/mol. The second kappa shape index (κ2) is 11.5. The van der Waals surface area contributed by atoms with E-state index in [9.17, 15) is 0 Å². The number of hydrogen-bond acceptors (Lipinski definition) is 4. The van der Waals surface area contributed by atoms with Crippen molar-refractivity contribution in [3.63, 3.8) is 0 Å². The van der Waals surface area contributed by atoms with Crippen molar-refractivity contribution in [3.8, 4) is 11.1 Å². The van der Waals surface area contributed by atoms with Gasteiger partial charge < -0.3 is 9.80 Å². The van der Waals surface area contributed by atoms with Crippen molar-refractivity contribution >= 4 is 54.7 Å².